The molecule has 1 saturated heterocycles. The van der Waals surface area contributed by atoms with Crippen LogP contribution in [0.1, 0.15) is 79.4 Å². The quantitative estimate of drug-likeness (QED) is 0.673. The predicted octanol–water partition coefficient (Wildman–Crippen LogP) is 5.32. The number of rotatable bonds is 5. The molecule has 33 heavy (non-hydrogen) atoms. The van der Waals surface area contributed by atoms with Gasteiger partial charge in [0.2, 0.25) is 0 Å². The topological polar surface area (TPSA) is 50.8 Å². The highest BCUT2D eigenvalue weighted by Crippen LogP contribution is 2.39. The van der Waals surface area contributed by atoms with Crippen LogP contribution < -0.4 is 14.8 Å². The lowest BCUT2D eigenvalue weighted by molar-refractivity contribution is 0.0697. The van der Waals surface area contributed by atoms with E-state index in [2.05, 4.69) is 37.4 Å². The van der Waals surface area contributed by atoms with Gasteiger partial charge in [0.1, 0.15) is 13.2 Å². The van der Waals surface area contributed by atoms with Gasteiger partial charge in [0.25, 0.3) is 5.91 Å². The van der Waals surface area contributed by atoms with Crippen LogP contribution in [-0.2, 0) is 0 Å². The van der Waals surface area contributed by atoms with E-state index in [1.165, 1.54) is 17.5 Å². The largest absolute Gasteiger partial charge is 0.486 e. The number of likely N-dealkylation sites (tertiary alicyclic amines) is 1. The van der Waals surface area contributed by atoms with E-state index < -0.39 is 0 Å². The number of para-hydroxylation sites is 1. The molecule has 176 valence electrons. The van der Waals surface area contributed by atoms with Crippen molar-refractivity contribution in [3.8, 4) is 11.5 Å². The third-order valence-electron chi connectivity index (χ3n) is 7.68. The Balaban J connectivity index is 1.18. The summed E-state index contributed by atoms with van der Waals surface area (Å²) in [5, 5.41) is 3.82. The zero-order valence-electron chi connectivity index (χ0n) is 19.9. The lowest BCUT2D eigenvalue weighted by Crippen LogP contribution is -2.37. The summed E-state index contributed by atoms with van der Waals surface area (Å²) in [6.45, 7) is 7.48. The summed E-state index contributed by atoms with van der Waals surface area (Å²) in [7, 11) is 0. The van der Waals surface area contributed by atoms with Gasteiger partial charge in [0.05, 0.1) is 0 Å². The number of nitrogens with zero attached hydrogens (tertiary/aromatic N) is 1. The van der Waals surface area contributed by atoms with Gasteiger partial charge in [-0.1, -0.05) is 31.2 Å². The smallest absolute Gasteiger partial charge is 0.253 e. The summed E-state index contributed by atoms with van der Waals surface area (Å²) >= 11 is 0. The van der Waals surface area contributed by atoms with Crippen LogP contribution >= 0.6 is 0 Å². The molecule has 0 aromatic heterocycles. The molecule has 2 aromatic rings. The molecular weight excluding hydrogens is 412 g/mol. The van der Waals surface area contributed by atoms with Crippen molar-refractivity contribution in [2.45, 2.75) is 64.0 Å². The van der Waals surface area contributed by atoms with Gasteiger partial charge in [-0.15, -0.1) is 0 Å². The Kier molecular flexibility index (Phi) is 6.59. The van der Waals surface area contributed by atoms with Crippen LogP contribution in [0.5, 0.6) is 11.5 Å². The predicted molar refractivity (Wildman–Crippen MR) is 130 cm³/mol. The van der Waals surface area contributed by atoms with E-state index in [0.29, 0.717) is 25.2 Å². The molecule has 1 saturated carbocycles. The van der Waals surface area contributed by atoms with E-state index in [-0.39, 0.29) is 11.9 Å². The average molecular weight is 449 g/mol. The first kappa shape index (κ1) is 22.3. The zero-order valence-corrected chi connectivity index (χ0v) is 19.9. The molecule has 0 spiro atoms. The summed E-state index contributed by atoms with van der Waals surface area (Å²) in [5.74, 6) is 3.20. The van der Waals surface area contributed by atoms with E-state index in [4.69, 9.17) is 9.47 Å². The molecule has 1 N–H and O–H groups in total. The Morgan fingerprint density at radius 3 is 2.55 bits per heavy atom. The van der Waals surface area contributed by atoms with Crippen molar-refractivity contribution >= 4 is 5.91 Å². The van der Waals surface area contributed by atoms with Crippen molar-refractivity contribution in [1.29, 1.82) is 0 Å². The Hall–Kier alpha value is -2.53. The normalized spacial score (nSPS) is 24.0. The van der Waals surface area contributed by atoms with Gasteiger partial charge in [-0.3, -0.25) is 4.79 Å². The molecule has 5 rings (SSSR count). The Morgan fingerprint density at radius 1 is 1.00 bits per heavy atom. The van der Waals surface area contributed by atoms with Crippen LogP contribution in [0.4, 0.5) is 0 Å². The van der Waals surface area contributed by atoms with Gasteiger partial charge in [-0.2, -0.15) is 0 Å². The third kappa shape index (κ3) is 4.89. The number of hydrogen-bond acceptors (Lipinski definition) is 4. The van der Waals surface area contributed by atoms with Crippen molar-refractivity contribution in [3.05, 3.63) is 59.2 Å². The van der Waals surface area contributed by atoms with E-state index >= 15 is 0 Å². The molecule has 2 heterocycles. The Labute approximate surface area is 197 Å². The second-order valence-corrected chi connectivity index (χ2v) is 10.1. The van der Waals surface area contributed by atoms with Gasteiger partial charge in [-0.25, -0.2) is 0 Å². The fraction of sp³-hybridized carbons (Fsp3) is 0.536. The first-order valence-electron chi connectivity index (χ1n) is 12.6. The summed E-state index contributed by atoms with van der Waals surface area (Å²) < 4.78 is 11.7. The molecule has 0 bridgehead atoms. The number of amides is 1. The Bertz CT molecular complexity index is 966. The molecule has 2 aliphatic heterocycles. The highest BCUT2D eigenvalue weighted by molar-refractivity contribution is 5.94. The zero-order chi connectivity index (χ0) is 22.8. The van der Waals surface area contributed by atoms with Crippen LogP contribution in [0, 0.1) is 5.92 Å². The highest BCUT2D eigenvalue weighted by Gasteiger charge is 2.29. The fourth-order valence-electron chi connectivity index (χ4n) is 5.61. The van der Waals surface area contributed by atoms with Gasteiger partial charge in [-0.05, 0) is 74.6 Å². The van der Waals surface area contributed by atoms with E-state index in [0.717, 1.165) is 61.8 Å². The molecule has 1 amide bonds. The number of ether oxygens (including phenoxy) is 2. The van der Waals surface area contributed by atoms with Gasteiger partial charge < -0.3 is 19.7 Å². The number of hydrogen-bond donors (Lipinski definition) is 1. The fourth-order valence-corrected chi connectivity index (χ4v) is 5.61. The van der Waals surface area contributed by atoms with E-state index in [1.54, 1.807) is 0 Å². The number of fused-ring (bicyclic) bond motifs is 1. The molecule has 2 fully saturated rings. The molecule has 3 unspecified atom stereocenters. The second-order valence-electron chi connectivity index (χ2n) is 10.1. The molecule has 3 aliphatic rings. The number of carbonyl (C=O) groups excluding carboxylic acids is 1. The van der Waals surface area contributed by atoms with E-state index in [9.17, 15) is 4.79 Å². The molecule has 5 nitrogen and oxygen atoms in total. The number of nitrogens with one attached hydrogen (secondary N) is 1. The minimum Gasteiger partial charge on any atom is -0.486 e. The molecule has 5 heteroatoms. The summed E-state index contributed by atoms with van der Waals surface area (Å²) in [4.78, 5) is 14.9. The minimum absolute atomic E-state index is 0.186. The van der Waals surface area contributed by atoms with E-state index in [1.807, 2.05) is 29.2 Å². The first-order chi connectivity index (χ1) is 16.1. The third-order valence-corrected chi connectivity index (χ3v) is 7.68. The summed E-state index contributed by atoms with van der Waals surface area (Å²) in [5.41, 5.74) is 3.35. The number of benzene rings is 2. The Morgan fingerprint density at radius 2 is 1.76 bits per heavy atom. The van der Waals surface area contributed by atoms with Crippen LogP contribution in [0.2, 0.25) is 0 Å². The van der Waals surface area contributed by atoms with Crippen molar-refractivity contribution in [2.24, 2.45) is 5.92 Å². The minimum atomic E-state index is 0.186. The number of piperidine rings is 1. The monoisotopic (exact) mass is 448 g/mol. The maximum atomic E-state index is 12.8. The SMILES string of the molecule is CC1CCN(C(=O)c2ccc(C3CCC(NC(C)c4cccc5c4OCCO5)C3)cc2)CC1. The molecule has 0 radical (unpaired) electrons. The summed E-state index contributed by atoms with van der Waals surface area (Å²) in [6.07, 6.45) is 5.68. The summed E-state index contributed by atoms with van der Waals surface area (Å²) in [6, 6.07) is 15.3. The van der Waals surface area contributed by atoms with Crippen molar-refractivity contribution in [2.75, 3.05) is 26.3 Å². The van der Waals surface area contributed by atoms with Crippen molar-refractivity contribution in [1.82, 2.24) is 10.2 Å². The molecule has 1 aliphatic carbocycles. The van der Waals surface area contributed by atoms with Gasteiger partial charge >= 0.3 is 0 Å². The molecule has 3 atom stereocenters. The maximum absolute atomic E-state index is 12.8. The number of carbonyl (C=O) groups is 1. The standard InChI is InChI=1S/C28H36N2O3/c1-19-12-14-30(15-13-19)28(31)22-8-6-21(7-9-22)23-10-11-24(18-23)29-20(2)25-4-3-5-26-27(25)33-17-16-32-26/h3-9,19-20,23-24,29H,10-18H2,1-2H3. The van der Waals surface area contributed by atoms with Gasteiger partial charge in [0.15, 0.2) is 11.5 Å². The maximum Gasteiger partial charge on any atom is 0.253 e. The van der Waals surface area contributed by atoms with Crippen LogP contribution in [0.25, 0.3) is 0 Å². The van der Waals surface area contributed by atoms with Gasteiger partial charge in [0, 0.05) is 36.3 Å². The second kappa shape index (κ2) is 9.76. The highest BCUT2D eigenvalue weighted by atomic mass is 16.6. The molecule has 2 aromatic carbocycles. The lowest BCUT2D eigenvalue weighted by atomic mass is 9.95. The van der Waals surface area contributed by atoms with Crippen LogP contribution in [0.15, 0.2) is 42.5 Å². The van der Waals surface area contributed by atoms with Crippen molar-refractivity contribution in [3.63, 3.8) is 0 Å². The first-order valence-corrected chi connectivity index (χ1v) is 12.6. The van der Waals surface area contributed by atoms with Crippen molar-refractivity contribution < 1.29 is 14.3 Å². The molecular formula is C28H36N2O3. The van der Waals surface area contributed by atoms with Crippen LogP contribution in [0.3, 0.4) is 0 Å². The van der Waals surface area contributed by atoms with Crippen LogP contribution in [-0.4, -0.2) is 43.2 Å². The lowest BCUT2D eigenvalue weighted by Gasteiger charge is -2.30. The average Bonchev–Trinajstić information content (AvgIpc) is 3.32.